The van der Waals surface area contributed by atoms with Gasteiger partial charge in [-0.15, -0.1) is 0 Å². The van der Waals surface area contributed by atoms with Gasteiger partial charge in [-0.05, 0) is 99.5 Å². The zero-order chi connectivity index (χ0) is 26.7. The molecule has 1 aromatic heterocycles. The molecule has 2 saturated heterocycles. The fraction of sp³-hybridized carbons (Fsp3) is 0.375. The van der Waals surface area contributed by atoms with Gasteiger partial charge in [-0.2, -0.15) is 5.10 Å². The Bertz CT molecular complexity index is 1540. The van der Waals surface area contributed by atoms with Crippen LogP contribution in [0, 0.1) is 5.82 Å². The number of primary amides is 1. The standard InChI is InChI=1S/C32H33FN4O2/c1-36-23-10-11-24(36)17-26(16-23)39-25-12-7-20(8-13-25)31-28-15-21(32(34)38)9-14-29(28)37(35-31)18-22-3-2-4-27(30(22)33)19-5-6-19/h2-4,7-9,12-15,19,23-24,26H,5-6,10-11,16-18H2,1H3,(H2,34,38). The van der Waals surface area contributed by atoms with Crippen LogP contribution in [0.15, 0.2) is 60.7 Å². The quantitative estimate of drug-likeness (QED) is 0.328. The van der Waals surface area contributed by atoms with Crippen molar-refractivity contribution < 1.29 is 13.9 Å². The first-order valence-electron chi connectivity index (χ1n) is 14.0. The summed E-state index contributed by atoms with van der Waals surface area (Å²) >= 11 is 0. The summed E-state index contributed by atoms with van der Waals surface area (Å²) in [6.45, 7) is 0.304. The second-order valence-electron chi connectivity index (χ2n) is 11.5. The highest BCUT2D eigenvalue weighted by molar-refractivity contribution is 6.01. The van der Waals surface area contributed by atoms with Gasteiger partial charge in [-0.1, -0.05) is 18.2 Å². The van der Waals surface area contributed by atoms with Crippen LogP contribution in [0.25, 0.3) is 22.2 Å². The molecule has 3 aromatic carbocycles. The lowest BCUT2D eigenvalue weighted by Crippen LogP contribution is -2.43. The number of fused-ring (bicyclic) bond motifs is 3. The summed E-state index contributed by atoms with van der Waals surface area (Å²) in [4.78, 5) is 14.5. The molecule has 3 fully saturated rings. The highest BCUT2D eigenvalue weighted by Crippen LogP contribution is 2.42. The lowest BCUT2D eigenvalue weighted by Gasteiger charge is -2.36. The number of rotatable bonds is 7. The Morgan fingerprint density at radius 2 is 1.77 bits per heavy atom. The van der Waals surface area contributed by atoms with Gasteiger partial charge in [0, 0.05) is 34.2 Å². The van der Waals surface area contributed by atoms with E-state index in [0.717, 1.165) is 59.2 Å². The largest absolute Gasteiger partial charge is 0.490 e. The summed E-state index contributed by atoms with van der Waals surface area (Å²) in [5.74, 6) is 0.559. The molecule has 0 spiro atoms. The molecule has 0 radical (unpaired) electrons. The van der Waals surface area contributed by atoms with Gasteiger partial charge in [0.2, 0.25) is 5.91 Å². The van der Waals surface area contributed by atoms with Crippen LogP contribution >= 0.6 is 0 Å². The molecule has 39 heavy (non-hydrogen) atoms. The second-order valence-corrected chi connectivity index (χ2v) is 11.5. The van der Waals surface area contributed by atoms with E-state index in [1.807, 2.05) is 53.2 Å². The molecule has 1 amide bonds. The van der Waals surface area contributed by atoms with Gasteiger partial charge in [0.15, 0.2) is 0 Å². The van der Waals surface area contributed by atoms with Crippen molar-refractivity contribution in [2.45, 2.75) is 69.2 Å². The molecule has 3 heterocycles. The number of aromatic nitrogens is 2. The molecule has 2 unspecified atom stereocenters. The second kappa shape index (κ2) is 9.49. The van der Waals surface area contributed by atoms with Crippen molar-refractivity contribution in [1.29, 1.82) is 0 Å². The fourth-order valence-electron chi connectivity index (χ4n) is 6.60. The van der Waals surface area contributed by atoms with Gasteiger partial charge in [-0.25, -0.2) is 4.39 Å². The monoisotopic (exact) mass is 524 g/mol. The molecule has 7 heteroatoms. The SMILES string of the molecule is CN1C2CCC1CC(Oc1ccc(-c3nn(Cc4cccc(C5CC5)c4F)c4ccc(C(N)=O)cc34)cc1)C2. The lowest BCUT2D eigenvalue weighted by atomic mass is 10.0. The van der Waals surface area contributed by atoms with Crippen LogP contribution in [-0.2, 0) is 6.54 Å². The van der Waals surface area contributed by atoms with E-state index in [9.17, 15) is 4.79 Å². The van der Waals surface area contributed by atoms with Gasteiger partial charge in [0.1, 0.15) is 23.4 Å². The van der Waals surface area contributed by atoms with Crippen molar-refractivity contribution >= 4 is 16.8 Å². The van der Waals surface area contributed by atoms with Gasteiger partial charge in [0.05, 0.1) is 12.1 Å². The molecule has 2 aliphatic heterocycles. The molecule has 2 N–H and O–H groups in total. The van der Waals surface area contributed by atoms with Crippen LogP contribution in [0.4, 0.5) is 4.39 Å². The third-order valence-electron chi connectivity index (χ3n) is 8.97. The number of hydrogen-bond donors (Lipinski definition) is 1. The summed E-state index contributed by atoms with van der Waals surface area (Å²) in [5, 5.41) is 5.73. The number of halogens is 1. The number of carbonyl (C=O) groups excluding carboxylic acids is 1. The molecule has 4 aromatic rings. The summed E-state index contributed by atoms with van der Waals surface area (Å²) in [6.07, 6.45) is 6.99. The summed E-state index contributed by atoms with van der Waals surface area (Å²) < 4.78 is 23.6. The minimum absolute atomic E-state index is 0.136. The summed E-state index contributed by atoms with van der Waals surface area (Å²) in [7, 11) is 2.23. The highest BCUT2D eigenvalue weighted by Gasteiger charge is 2.39. The number of carbonyl (C=O) groups is 1. The predicted molar refractivity (Wildman–Crippen MR) is 149 cm³/mol. The van der Waals surface area contributed by atoms with Crippen molar-refractivity contribution in [3.05, 3.63) is 83.2 Å². The van der Waals surface area contributed by atoms with Crippen LogP contribution < -0.4 is 10.5 Å². The van der Waals surface area contributed by atoms with Crippen molar-refractivity contribution in [2.24, 2.45) is 5.73 Å². The van der Waals surface area contributed by atoms with E-state index in [-0.39, 0.29) is 11.9 Å². The van der Waals surface area contributed by atoms with E-state index in [0.29, 0.717) is 35.7 Å². The van der Waals surface area contributed by atoms with Gasteiger partial charge in [-0.3, -0.25) is 9.48 Å². The normalized spacial score (nSPS) is 22.9. The van der Waals surface area contributed by atoms with E-state index in [4.69, 9.17) is 15.6 Å². The van der Waals surface area contributed by atoms with E-state index < -0.39 is 5.91 Å². The molecule has 7 rings (SSSR count). The molecule has 2 atom stereocenters. The molecule has 6 nitrogen and oxygen atoms in total. The first-order valence-corrected chi connectivity index (χ1v) is 14.0. The third-order valence-corrected chi connectivity index (χ3v) is 8.97. The Balaban J connectivity index is 1.20. The maximum atomic E-state index is 15.3. The Morgan fingerprint density at radius 3 is 2.46 bits per heavy atom. The molecule has 1 saturated carbocycles. The lowest BCUT2D eigenvalue weighted by molar-refractivity contribution is 0.0662. The predicted octanol–water partition coefficient (Wildman–Crippen LogP) is 5.87. The molecular weight excluding hydrogens is 491 g/mol. The van der Waals surface area contributed by atoms with Crippen LogP contribution in [-0.4, -0.2) is 45.8 Å². The van der Waals surface area contributed by atoms with Crippen LogP contribution in [0.1, 0.15) is 65.9 Å². The average Bonchev–Trinajstić information content (AvgIpc) is 3.69. The first kappa shape index (κ1) is 24.3. The Hall–Kier alpha value is -3.71. The number of ether oxygens (including phenoxy) is 1. The number of hydrogen-bond acceptors (Lipinski definition) is 4. The van der Waals surface area contributed by atoms with E-state index in [1.165, 1.54) is 12.8 Å². The van der Waals surface area contributed by atoms with Crippen molar-refractivity contribution in [2.75, 3.05) is 7.05 Å². The van der Waals surface area contributed by atoms with Gasteiger partial charge in [0.25, 0.3) is 0 Å². The molecule has 2 bridgehead atoms. The fourth-order valence-corrected chi connectivity index (χ4v) is 6.60. The number of amides is 1. The van der Waals surface area contributed by atoms with Crippen LogP contribution in [0.2, 0.25) is 0 Å². The van der Waals surface area contributed by atoms with E-state index >= 15 is 4.39 Å². The Kier molecular flexibility index (Phi) is 5.92. The number of nitrogens with two attached hydrogens (primary N) is 1. The summed E-state index contributed by atoms with van der Waals surface area (Å²) in [5.41, 5.74) is 9.90. The van der Waals surface area contributed by atoms with Crippen LogP contribution in [0.5, 0.6) is 5.75 Å². The van der Waals surface area contributed by atoms with Crippen molar-refractivity contribution in [3.8, 4) is 17.0 Å². The highest BCUT2D eigenvalue weighted by atomic mass is 19.1. The maximum absolute atomic E-state index is 15.3. The molecule has 1 aliphatic carbocycles. The minimum Gasteiger partial charge on any atom is -0.490 e. The molecule has 200 valence electrons. The van der Waals surface area contributed by atoms with Gasteiger partial charge >= 0.3 is 0 Å². The number of nitrogens with zero attached hydrogens (tertiary/aromatic N) is 3. The third kappa shape index (κ3) is 4.48. The molecule has 3 aliphatic rings. The number of piperidine rings is 1. The smallest absolute Gasteiger partial charge is 0.248 e. The Morgan fingerprint density at radius 1 is 1.03 bits per heavy atom. The topological polar surface area (TPSA) is 73.4 Å². The minimum atomic E-state index is -0.491. The number of benzene rings is 3. The average molecular weight is 525 g/mol. The van der Waals surface area contributed by atoms with Crippen molar-refractivity contribution in [3.63, 3.8) is 0 Å². The Labute approximate surface area is 227 Å². The van der Waals surface area contributed by atoms with Crippen molar-refractivity contribution in [1.82, 2.24) is 14.7 Å². The first-order chi connectivity index (χ1) is 18.9. The maximum Gasteiger partial charge on any atom is 0.248 e. The molecular formula is C32H33FN4O2. The van der Waals surface area contributed by atoms with E-state index in [2.05, 4.69) is 11.9 Å². The van der Waals surface area contributed by atoms with Crippen LogP contribution in [0.3, 0.4) is 0 Å². The zero-order valence-electron chi connectivity index (χ0n) is 22.1. The zero-order valence-corrected chi connectivity index (χ0v) is 22.1. The summed E-state index contributed by atoms with van der Waals surface area (Å²) in [6, 6.07) is 20.2. The van der Waals surface area contributed by atoms with E-state index in [1.54, 1.807) is 12.1 Å². The van der Waals surface area contributed by atoms with Gasteiger partial charge < -0.3 is 15.4 Å².